The Labute approximate surface area is 71.7 Å². The first-order chi connectivity index (χ1) is 5.47. The van der Waals surface area contributed by atoms with Gasteiger partial charge in [0.2, 0.25) is 10.0 Å². The molecule has 5 nitrogen and oxygen atoms in total. The van der Waals surface area contributed by atoms with Crippen molar-refractivity contribution in [3.63, 3.8) is 0 Å². The van der Waals surface area contributed by atoms with Gasteiger partial charge in [0.1, 0.15) is 0 Å². The first-order valence-electron chi connectivity index (χ1n) is 3.81. The zero-order chi connectivity index (χ0) is 9.35. The van der Waals surface area contributed by atoms with Crippen molar-refractivity contribution in [2.24, 2.45) is 0 Å². The molecular weight excluding hydrogens is 182 g/mol. The van der Waals surface area contributed by atoms with Gasteiger partial charge in [-0.3, -0.25) is 0 Å². The molecule has 0 saturated carbocycles. The lowest BCUT2D eigenvalue weighted by Gasteiger charge is -2.12. The molecule has 1 saturated heterocycles. The monoisotopic (exact) mass is 195 g/mol. The van der Waals surface area contributed by atoms with Crippen molar-refractivity contribution in [2.45, 2.75) is 19.1 Å². The van der Waals surface area contributed by atoms with E-state index >= 15 is 0 Å². The summed E-state index contributed by atoms with van der Waals surface area (Å²) in [6.07, 6.45) is -1.88. The molecule has 1 rings (SSSR count). The molecule has 0 aromatic carbocycles. The van der Waals surface area contributed by atoms with Crippen molar-refractivity contribution in [3.8, 4) is 0 Å². The Kier molecular flexibility index (Phi) is 2.72. The number of hydrogen-bond acceptors (Lipinski definition) is 4. The second kappa shape index (κ2) is 3.29. The van der Waals surface area contributed by atoms with E-state index in [1.54, 1.807) is 0 Å². The first kappa shape index (κ1) is 9.91. The zero-order valence-electron chi connectivity index (χ0n) is 6.84. The van der Waals surface area contributed by atoms with E-state index in [4.69, 9.17) is 10.2 Å². The molecule has 0 aromatic heterocycles. The molecule has 1 fully saturated rings. The number of sulfonamides is 1. The van der Waals surface area contributed by atoms with Crippen LogP contribution in [0.25, 0.3) is 0 Å². The molecule has 6 heteroatoms. The third kappa shape index (κ3) is 1.77. The third-order valence-corrected chi connectivity index (χ3v) is 3.80. The van der Waals surface area contributed by atoms with E-state index in [1.807, 2.05) is 0 Å². The summed E-state index contributed by atoms with van der Waals surface area (Å²) < 4.78 is 23.5. The van der Waals surface area contributed by atoms with Crippen LogP contribution in [0, 0.1) is 0 Å². The number of aliphatic hydroxyl groups excluding tert-OH is 2. The fraction of sp³-hybridized carbons (Fsp3) is 1.00. The van der Waals surface area contributed by atoms with Crippen molar-refractivity contribution in [1.29, 1.82) is 0 Å². The van der Waals surface area contributed by atoms with Gasteiger partial charge in [-0.05, 0) is 6.92 Å². The van der Waals surface area contributed by atoms with Gasteiger partial charge in [-0.25, -0.2) is 8.42 Å². The molecule has 0 spiro atoms. The topological polar surface area (TPSA) is 77.8 Å². The Morgan fingerprint density at radius 3 is 2.08 bits per heavy atom. The normalized spacial score (nSPS) is 32.6. The number of rotatable bonds is 2. The predicted molar refractivity (Wildman–Crippen MR) is 43.0 cm³/mol. The fourth-order valence-electron chi connectivity index (χ4n) is 1.14. The molecule has 0 aromatic rings. The van der Waals surface area contributed by atoms with Crippen LogP contribution < -0.4 is 0 Å². The van der Waals surface area contributed by atoms with Crippen molar-refractivity contribution in [3.05, 3.63) is 0 Å². The van der Waals surface area contributed by atoms with Crippen LogP contribution >= 0.6 is 0 Å². The number of nitrogens with zero attached hydrogens (tertiary/aromatic N) is 1. The van der Waals surface area contributed by atoms with Crippen molar-refractivity contribution < 1.29 is 18.6 Å². The molecular formula is C6H13NO4S. The van der Waals surface area contributed by atoms with Gasteiger partial charge >= 0.3 is 0 Å². The van der Waals surface area contributed by atoms with Crippen LogP contribution in [-0.4, -0.2) is 54.0 Å². The van der Waals surface area contributed by atoms with Crippen LogP contribution in [0.15, 0.2) is 0 Å². The Hall–Kier alpha value is -0.170. The van der Waals surface area contributed by atoms with Gasteiger partial charge in [-0.2, -0.15) is 4.31 Å². The second-order valence-corrected chi connectivity index (χ2v) is 5.11. The average Bonchev–Trinajstić information content (AvgIpc) is 2.33. The molecule has 2 N–H and O–H groups in total. The molecule has 1 heterocycles. The van der Waals surface area contributed by atoms with E-state index < -0.39 is 22.2 Å². The summed E-state index contributed by atoms with van der Waals surface area (Å²) in [5.74, 6) is 0.00639. The molecule has 0 amide bonds. The maximum Gasteiger partial charge on any atom is 0.214 e. The lowest BCUT2D eigenvalue weighted by atomic mass is 10.3. The van der Waals surface area contributed by atoms with E-state index in [0.717, 1.165) is 4.31 Å². The van der Waals surface area contributed by atoms with Crippen molar-refractivity contribution in [2.75, 3.05) is 18.8 Å². The van der Waals surface area contributed by atoms with Crippen molar-refractivity contribution in [1.82, 2.24) is 4.31 Å². The van der Waals surface area contributed by atoms with Crippen LogP contribution in [0.3, 0.4) is 0 Å². The lowest BCUT2D eigenvalue weighted by Crippen LogP contribution is -2.31. The van der Waals surface area contributed by atoms with Gasteiger partial charge < -0.3 is 10.2 Å². The standard InChI is InChI=1S/C6H13NO4S/c1-2-12(10,11)7-3-5(8)6(9)4-7/h5-6,8-9H,2-4H2,1H3/t5-,6+. The van der Waals surface area contributed by atoms with Gasteiger partial charge in [0.25, 0.3) is 0 Å². The SMILES string of the molecule is CCS(=O)(=O)N1C[C@@H](O)[C@@H](O)C1. The van der Waals surface area contributed by atoms with Crippen molar-refractivity contribution >= 4 is 10.0 Å². The molecule has 12 heavy (non-hydrogen) atoms. The Morgan fingerprint density at radius 1 is 1.33 bits per heavy atom. The summed E-state index contributed by atoms with van der Waals surface area (Å²) in [6, 6.07) is 0. The van der Waals surface area contributed by atoms with Crippen LogP contribution in [0.4, 0.5) is 0 Å². The van der Waals surface area contributed by atoms with E-state index in [1.165, 1.54) is 6.92 Å². The average molecular weight is 195 g/mol. The molecule has 1 aliphatic rings. The van der Waals surface area contributed by atoms with Gasteiger partial charge in [0.05, 0.1) is 18.0 Å². The fourth-order valence-corrected chi connectivity index (χ4v) is 2.27. The maximum absolute atomic E-state index is 11.2. The second-order valence-electron chi connectivity index (χ2n) is 2.85. The van der Waals surface area contributed by atoms with E-state index in [2.05, 4.69) is 0 Å². The van der Waals surface area contributed by atoms with Crippen LogP contribution in [0.5, 0.6) is 0 Å². The largest absolute Gasteiger partial charge is 0.389 e. The van der Waals surface area contributed by atoms with Gasteiger partial charge in [0, 0.05) is 13.1 Å². The molecule has 0 unspecified atom stereocenters. The van der Waals surface area contributed by atoms with Crippen LogP contribution in [0.1, 0.15) is 6.92 Å². The minimum atomic E-state index is -3.25. The maximum atomic E-state index is 11.2. The van der Waals surface area contributed by atoms with E-state index in [9.17, 15) is 8.42 Å². The number of hydrogen-bond donors (Lipinski definition) is 2. The molecule has 0 radical (unpaired) electrons. The quantitative estimate of drug-likeness (QED) is 0.555. The van der Waals surface area contributed by atoms with Crippen LogP contribution in [-0.2, 0) is 10.0 Å². The highest BCUT2D eigenvalue weighted by molar-refractivity contribution is 7.89. The highest BCUT2D eigenvalue weighted by atomic mass is 32.2. The zero-order valence-corrected chi connectivity index (χ0v) is 7.66. The molecule has 0 aliphatic carbocycles. The van der Waals surface area contributed by atoms with Gasteiger partial charge in [0.15, 0.2) is 0 Å². The minimum Gasteiger partial charge on any atom is -0.389 e. The highest BCUT2D eigenvalue weighted by Gasteiger charge is 2.35. The summed E-state index contributed by atoms with van der Waals surface area (Å²) in [7, 11) is -3.25. The number of aliphatic hydroxyl groups is 2. The van der Waals surface area contributed by atoms with Gasteiger partial charge in [-0.1, -0.05) is 0 Å². The summed E-state index contributed by atoms with van der Waals surface area (Å²) >= 11 is 0. The molecule has 1 aliphatic heterocycles. The Balaban J connectivity index is 2.70. The number of β-amino-alcohol motifs (C(OH)–C–C–N with tert-alkyl or cyclic N) is 2. The predicted octanol–water partition coefficient (Wildman–Crippen LogP) is -1.63. The lowest BCUT2D eigenvalue weighted by molar-refractivity contribution is 0.0572. The first-order valence-corrected chi connectivity index (χ1v) is 5.42. The molecule has 72 valence electrons. The molecule has 0 bridgehead atoms. The van der Waals surface area contributed by atoms with Gasteiger partial charge in [-0.15, -0.1) is 0 Å². The summed E-state index contributed by atoms with van der Waals surface area (Å²) in [6.45, 7) is 1.56. The van der Waals surface area contributed by atoms with E-state index in [0.29, 0.717) is 0 Å². The minimum absolute atomic E-state index is 0.00639. The molecule has 2 atom stereocenters. The summed E-state index contributed by atoms with van der Waals surface area (Å²) in [5.41, 5.74) is 0. The Bertz CT molecular complexity index is 240. The van der Waals surface area contributed by atoms with E-state index in [-0.39, 0.29) is 18.8 Å². The Morgan fingerprint density at radius 2 is 1.75 bits per heavy atom. The highest BCUT2D eigenvalue weighted by Crippen LogP contribution is 2.14. The third-order valence-electron chi connectivity index (χ3n) is 1.98. The van der Waals surface area contributed by atoms with Crippen LogP contribution in [0.2, 0.25) is 0 Å². The smallest absolute Gasteiger partial charge is 0.214 e. The summed E-state index contributed by atoms with van der Waals surface area (Å²) in [4.78, 5) is 0. The summed E-state index contributed by atoms with van der Waals surface area (Å²) in [5, 5.41) is 18.1.